The van der Waals surface area contributed by atoms with Crippen molar-refractivity contribution in [2.45, 2.75) is 18.1 Å². The normalized spacial score (nSPS) is 10.8. The monoisotopic (exact) mass is 183 g/mol. The Balaban J connectivity index is 4.35. The van der Waals surface area contributed by atoms with Crippen molar-refractivity contribution in [2.75, 3.05) is 0 Å². The molecule has 0 atom stereocenters. The van der Waals surface area contributed by atoms with Gasteiger partial charge in [0.2, 0.25) is 8.32 Å². The maximum atomic E-state index is 5.28. The number of allylic oxidation sites excluding steroid dienone is 3. The summed E-state index contributed by atoms with van der Waals surface area (Å²) in [5.74, 6) is 5.28. The van der Waals surface area contributed by atoms with Crippen molar-refractivity contribution in [1.82, 2.24) is 0 Å². The van der Waals surface area contributed by atoms with E-state index in [4.69, 9.17) is 10.4 Å². The highest BCUT2D eigenvalue weighted by Crippen LogP contribution is 2.21. The van der Waals surface area contributed by atoms with Gasteiger partial charge in [0.05, 0.1) is 0 Å². The van der Waals surface area contributed by atoms with Crippen LogP contribution in [0.15, 0.2) is 38.0 Å². The van der Waals surface area contributed by atoms with Gasteiger partial charge in [-0.25, -0.2) is 5.90 Å². The van der Waals surface area contributed by atoms with Gasteiger partial charge < -0.3 is 4.53 Å². The van der Waals surface area contributed by atoms with Crippen LogP contribution in [0.25, 0.3) is 0 Å². The van der Waals surface area contributed by atoms with E-state index in [1.165, 1.54) is 0 Å². The van der Waals surface area contributed by atoms with Gasteiger partial charge >= 0.3 is 0 Å². The van der Waals surface area contributed by atoms with Crippen LogP contribution in [0.2, 0.25) is 18.1 Å². The summed E-state index contributed by atoms with van der Waals surface area (Å²) in [7, 11) is -1.85. The summed E-state index contributed by atoms with van der Waals surface area (Å²) in [4.78, 5) is 0. The van der Waals surface area contributed by atoms with E-state index in [-0.39, 0.29) is 0 Å². The number of hydrogen-bond donors (Lipinski definition) is 1. The van der Waals surface area contributed by atoms with Crippen molar-refractivity contribution >= 4 is 8.32 Å². The highest BCUT2D eigenvalue weighted by Gasteiger charge is 2.30. The lowest BCUT2D eigenvalue weighted by Crippen LogP contribution is -2.39. The highest BCUT2D eigenvalue weighted by molar-refractivity contribution is 6.74. The quantitative estimate of drug-likeness (QED) is 0.373. The van der Waals surface area contributed by atoms with Crippen LogP contribution in [0.1, 0.15) is 0 Å². The van der Waals surface area contributed by atoms with Crippen LogP contribution < -0.4 is 5.90 Å². The lowest BCUT2D eigenvalue weighted by molar-refractivity contribution is 0.319. The molecule has 0 aliphatic carbocycles. The molecule has 0 unspecified atom stereocenters. The van der Waals surface area contributed by atoms with Crippen LogP contribution in [0, 0.1) is 0 Å². The molecule has 0 spiro atoms. The van der Waals surface area contributed by atoms with Gasteiger partial charge in [-0.3, -0.25) is 0 Å². The molecule has 0 aliphatic rings. The van der Waals surface area contributed by atoms with E-state index >= 15 is 0 Å². The molecular formula is C9H17NOSi. The van der Waals surface area contributed by atoms with E-state index in [0.29, 0.717) is 0 Å². The predicted molar refractivity (Wildman–Crippen MR) is 56.0 cm³/mol. The van der Waals surface area contributed by atoms with E-state index in [9.17, 15) is 0 Å². The van der Waals surface area contributed by atoms with E-state index in [0.717, 1.165) is 18.1 Å². The molecule has 3 heteroatoms. The fourth-order valence-electron chi connectivity index (χ4n) is 1.18. The summed E-state index contributed by atoms with van der Waals surface area (Å²) in [6.07, 6.45) is 5.56. The zero-order chi connectivity index (χ0) is 9.45. The Labute approximate surface area is 75.5 Å². The van der Waals surface area contributed by atoms with Crippen molar-refractivity contribution in [3.8, 4) is 0 Å². The lowest BCUT2D eigenvalue weighted by atomic mass is 10.7. The van der Waals surface area contributed by atoms with Crippen LogP contribution in [-0.4, -0.2) is 8.32 Å². The fraction of sp³-hybridized carbons (Fsp3) is 0.333. The van der Waals surface area contributed by atoms with Gasteiger partial charge in [-0.15, -0.1) is 19.7 Å². The molecule has 0 saturated carbocycles. The molecule has 0 fully saturated rings. The Morgan fingerprint density at radius 2 is 1.33 bits per heavy atom. The number of nitrogens with two attached hydrogens (primary N) is 1. The second-order valence-corrected chi connectivity index (χ2v) is 6.61. The van der Waals surface area contributed by atoms with Crippen molar-refractivity contribution in [3.63, 3.8) is 0 Å². The minimum absolute atomic E-state index is 0.849. The molecule has 12 heavy (non-hydrogen) atoms. The molecule has 0 aromatic rings. The maximum absolute atomic E-state index is 5.28. The van der Waals surface area contributed by atoms with Gasteiger partial charge in [0.15, 0.2) is 0 Å². The maximum Gasteiger partial charge on any atom is 0.231 e. The van der Waals surface area contributed by atoms with Crippen LogP contribution in [0.3, 0.4) is 0 Å². The van der Waals surface area contributed by atoms with E-state index in [1.54, 1.807) is 0 Å². The molecule has 0 saturated heterocycles. The molecule has 2 N–H and O–H groups in total. The lowest BCUT2D eigenvalue weighted by Gasteiger charge is -2.24. The largest absolute Gasteiger partial charge is 0.347 e. The van der Waals surface area contributed by atoms with E-state index in [2.05, 4.69) is 19.7 Å². The summed E-state index contributed by atoms with van der Waals surface area (Å²) in [6, 6.07) is 2.55. The summed E-state index contributed by atoms with van der Waals surface area (Å²) in [6.45, 7) is 11.1. The molecule has 0 rings (SSSR count). The smallest absolute Gasteiger partial charge is 0.231 e. The standard InChI is InChI=1S/C9H17NOSi/c1-4-7-12(11-10,8-5-2)9-6-3/h4-6H,1-3,7-10H2. The second kappa shape index (κ2) is 5.94. The van der Waals surface area contributed by atoms with Crippen molar-refractivity contribution < 1.29 is 4.53 Å². The van der Waals surface area contributed by atoms with Crippen molar-refractivity contribution in [2.24, 2.45) is 5.90 Å². The SMILES string of the molecule is C=CC[Si](CC=C)(CC=C)ON. The number of rotatable bonds is 7. The summed E-state index contributed by atoms with van der Waals surface area (Å²) < 4.78 is 5.08. The van der Waals surface area contributed by atoms with E-state index < -0.39 is 8.32 Å². The topological polar surface area (TPSA) is 35.2 Å². The Bertz CT molecular complexity index is 141. The first-order valence-electron chi connectivity index (χ1n) is 3.95. The van der Waals surface area contributed by atoms with Gasteiger partial charge in [0.1, 0.15) is 0 Å². The third kappa shape index (κ3) is 3.17. The van der Waals surface area contributed by atoms with Gasteiger partial charge in [-0.05, 0) is 18.1 Å². The Morgan fingerprint density at radius 1 is 1.00 bits per heavy atom. The molecule has 2 nitrogen and oxygen atoms in total. The first-order valence-corrected chi connectivity index (χ1v) is 6.48. The molecule has 68 valence electrons. The van der Waals surface area contributed by atoms with Gasteiger partial charge in [-0.1, -0.05) is 18.2 Å². The summed E-state index contributed by atoms with van der Waals surface area (Å²) in [5, 5.41) is 0. The molecular weight excluding hydrogens is 166 g/mol. The predicted octanol–water partition coefficient (Wildman–Crippen LogP) is 2.38. The van der Waals surface area contributed by atoms with E-state index in [1.807, 2.05) is 18.2 Å². The number of hydrogen-bond acceptors (Lipinski definition) is 2. The minimum atomic E-state index is -1.85. The van der Waals surface area contributed by atoms with Gasteiger partial charge in [-0.2, -0.15) is 0 Å². The van der Waals surface area contributed by atoms with Gasteiger partial charge in [0, 0.05) is 0 Å². The summed E-state index contributed by atoms with van der Waals surface area (Å²) in [5.41, 5.74) is 0. The average Bonchev–Trinajstić information content (AvgIpc) is 2.06. The summed E-state index contributed by atoms with van der Waals surface area (Å²) >= 11 is 0. The molecule has 0 amide bonds. The molecule has 0 aromatic heterocycles. The average molecular weight is 183 g/mol. The fourth-order valence-corrected chi connectivity index (χ4v) is 3.55. The van der Waals surface area contributed by atoms with Crippen LogP contribution >= 0.6 is 0 Å². The first-order chi connectivity index (χ1) is 5.74. The Kier molecular flexibility index (Phi) is 5.62. The minimum Gasteiger partial charge on any atom is -0.347 e. The third-order valence-corrected chi connectivity index (χ3v) is 5.40. The zero-order valence-electron chi connectivity index (χ0n) is 7.46. The van der Waals surface area contributed by atoms with Crippen LogP contribution in [0.5, 0.6) is 0 Å². The molecule has 0 aromatic carbocycles. The molecule has 0 aliphatic heterocycles. The molecule has 0 radical (unpaired) electrons. The van der Waals surface area contributed by atoms with Crippen molar-refractivity contribution in [3.05, 3.63) is 38.0 Å². The van der Waals surface area contributed by atoms with Crippen molar-refractivity contribution in [1.29, 1.82) is 0 Å². The first kappa shape index (κ1) is 11.4. The highest BCUT2D eigenvalue weighted by atomic mass is 28.4. The zero-order valence-corrected chi connectivity index (χ0v) is 8.46. The molecule has 0 bridgehead atoms. The van der Waals surface area contributed by atoms with Crippen LogP contribution in [0.4, 0.5) is 0 Å². The van der Waals surface area contributed by atoms with Crippen LogP contribution in [-0.2, 0) is 4.53 Å². The Morgan fingerprint density at radius 3 is 1.50 bits per heavy atom. The second-order valence-electron chi connectivity index (χ2n) is 2.78. The third-order valence-electron chi connectivity index (χ3n) is 1.80. The molecule has 0 heterocycles. The van der Waals surface area contributed by atoms with Gasteiger partial charge in [0.25, 0.3) is 0 Å². The Hall–Kier alpha value is -0.643.